The first kappa shape index (κ1) is 14.9. The molecule has 3 aromatic rings. The first-order valence-electron chi connectivity index (χ1n) is 6.95. The van der Waals surface area contributed by atoms with Gasteiger partial charge < -0.3 is 0 Å². The third kappa shape index (κ3) is 2.35. The monoisotopic (exact) mass is 360 g/mol. The smallest absolute Gasteiger partial charge is 0.152 e. The molecule has 5 heteroatoms. The normalized spacial score (nSPS) is 11.3. The fraction of sp³-hybridized carbons (Fsp3) is 0.176. The van der Waals surface area contributed by atoms with Crippen molar-refractivity contribution in [3.05, 3.63) is 57.9 Å². The molecule has 0 radical (unpaired) electrons. The summed E-state index contributed by atoms with van der Waals surface area (Å²) in [5, 5.41) is 4.56. The van der Waals surface area contributed by atoms with Crippen LogP contribution in [-0.4, -0.2) is 15.9 Å². The van der Waals surface area contributed by atoms with E-state index < -0.39 is 0 Å². The van der Waals surface area contributed by atoms with Crippen LogP contribution in [0.5, 0.6) is 0 Å². The minimum Gasteiger partial charge on any atom is -0.298 e. The quantitative estimate of drug-likeness (QED) is 0.626. The molecule has 3 nitrogen and oxygen atoms in total. The zero-order chi connectivity index (χ0) is 15.9. The van der Waals surface area contributed by atoms with Crippen molar-refractivity contribution in [3.63, 3.8) is 0 Å². The molecule has 0 N–H and O–H groups in total. The van der Waals surface area contributed by atoms with E-state index in [1.807, 2.05) is 26.0 Å². The number of rotatable bonds is 3. The Hall–Kier alpha value is -2.01. The standard InChI is InChI=1S/C17H14BrFN2O/c1-10(2)16-13(9-22)17(11-3-5-12(19)6-4-11)20-21-14(16)7-8-15(21)18/h3-10H,1-2H3. The van der Waals surface area contributed by atoms with Crippen molar-refractivity contribution in [1.29, 1.82) is 0 Å². The highest BCUT2D eigenvalue weighted by molar-refractivity contribution is 9.10. The summed E-state index contributed by atoms with van der Waals surface area (Å²) in [6.45, 7) is 4.08. The molecule has 22 heavy (non-hydrogen) atoms. The average Bonchev–Trinajstić information content (AvgIpc) is 2.87. The van der Waals surface area contributed by atoms with Crippen molar-refractivity contribution in [2.24, 2.45) is 0 Å². The first-order chi connectivity index (χ1) is 10.5. The van der Waals surface area contributed by atoms with Crippen LogP contribution in [0.4, 0.5) is 4.39 Å². The highest BCUT2D eigenvalue weighted by atomic mass is 79.9. The molecule has 112 valence electrons. The van der Waals surface area contributed by atoms with E-state index >= 15 is 0 Å². The number of aromatic nitrogens is 2. The highest BCUT2D eigenvalue weighted by Crippen LogP contribution is 2.32. The van der Waals surface area contributed by atoms with Gasteiger partial charge in [0.1, 0.15) is 16.1 Å². The van der Waals surface area contributed by atoms with Crippen LogP contribution in [0.25, 0.3) is 16.8 Å². The summed E-state index contributed by atoms with van der Waals surface area (Å²) in [5.41, 5.74) is 3.67. The van der Waals surface area contributed by atoms with Crippen molar-refractivity contribution in [2.75, 3.05) is 0 Å². The molecule has 0 saturated heterocycles. The lowest BCUT2D eigenvalue weighted by Crippen LogP contribution is -2.07. The van der Waals surface area contributed by atoms with E-state index in [9.17, 15) is 9.18 Å². The molecule has 2 heterocycles. The molecule has 3 rings (SSSR count). The predicted octanol–water partition coefficient (Wildman–Crippen LogP) is 4.84. The number of fused-ring (bicyclic) bond motifs is 1. The van der Waals surface area contributed by atoms with Gasteiger partial charge in [0.05, 0.1) is 5.52 Å². The Morgan fingerprint density at radius 3 is 2.45 bits per heavy atom. The summed E-state index contributed by atoms with van der Waals surface area (Å²) in [6.07, 6.45) is 0.835. The van der Waals surface area contributed by atoms with Gasteiger partial charge in [-0.3, -0.25) is 4.79 Å². The maximum absolute atomic E-state index is 13.2. The number of aldehydes is 1. The Morgan fingerprint density at radius 2 is 1.86 bits per heavy atom. The van der Waals surface area contributed by atoms with Gasteiger partial charge in [-0.15, -0.1) is 0 Å². The van der Waals surface area contributed by atoms with E-state index in [1.165, 1.54) is 12.1 Å². The second-order valence-corrected chi connectivity index (χ2v) is 6.22. The van der Waals surface area contributed by atoms with Gasteiger partial charge in [-0.05, 0) is 63.8 Å². The number of carbonyl (C=O) groups is 1. The first-order valence-corrected chi connectivity index (χ1v) is 7.74. The molecule has 0 bridgehead atoms. The summed E-state index contributed by atoms with van der Waals surface area (Å²) < 4.78 is 15.7. The number of nitrogens with zero attached hydrogens (tertiary/aromatic N) is 2. The minimum atomic E-state index is -0.316. The Labute approximate surface area is 135 Å². The maximum Gasteiger partial charge on any atom is 0.152 e. The summed E-state index contributed by atoms with van der Waals surface area (Å²) in [7, 11) is 0. The van der Waals surface area contributed by atoms with Crippen LogP contribution in [0.3, 0.4) is 0 Å². The number of carbonyl (C=O) groups excluding carboxylic acids is 1. The molecule has 0 spiro atoms. The molecule has 1 aromatic carbocycles. The van der Waals surface area contributed by atoms with Gasteiger partial charge in [0.15, 0.2) is 6.29 Å². The van der Waals surface area contributed by atoms with Crippen molar-refractivity contribution in [2.45, 2.75) is 19.8 Å². The van der Waals surface area contributed by atoms with Crippen LogP contribution < -0.4 is 0 Å². The van der Waals surface area contributed by atoms with E-state index in [0.717, 1.165) is 22.0 Å². The van der Waals surface area contributed by atoms with Crippen LogP contribution >= 0.6 is 15.9 Å². The lowest BCUT2D eigenvalue weighted by molar-refractivity contribution is 0.112. The van der Waals surface area contributed by atoms with Crippen LogP contribution in [0.2, 0.25) is 0 Å². The van der Waals surface area contributed by atoms with E-state index in [-0.39, 0.29) is 11.7 Å². The van der Waals surface area contributed by atoms with Crippen LogP contribution in [0.15, 0.2) is 41.0 Å². The number of halogens is 2. The van der Waals surface area contributed by atoms with Crippen molar-refractivity contribution >= 4 is 27.7 Å². The number of benzene rings is 1. The highest BCUT2D eigenvalue weighted by Gasteiger charge is 2.19. The van der Waals surface area contributed by atoms with Crippen LogP contribution in [-0.2, 0) is 0 Å². The van der Waals surface area contributed by atoms with Gasteiger partial charge in [-0.25, -0.2) is 8.91 Å². The summed E-state index contributed by atoms with van der Waals surface area (Å²) in [6, 6.07) is 9.85. The maximum atomic E-state index is 13.2. The second kappa shape index (κ2) is 5.65. The molecule has 0 fully saturated rings. The van der Waals surface area contributed by atoms with E-state index in [1.54, 1.807) is 16.6 Å². The summed E-state index contributed by atoms with van der Waals surface area (Å²) >= 11 is 3.47. The SMILES string of the molecule is CC(C)c1c(C=O)c(-c2ccc(F)cc2)nn2c(Br)ccc12. The van der Waals surface area contributed by atoms with E-state index in [4.69, 9.17) is 0 Å². The van der Waals surface area contributed by atoms with Crippen molar-refractivity contribution < 1.29 is 9.18 Å². The van der Waals surface area contributed by atoms with Gasteiger partial charge in [0, 0.05) is 11.1 Å². The third-order valence-electron chi connectivity index (χ3n) is 3.64. The Kier molecular flexibility index (Phi) is 3.83. The molecule has 0 atom stereocenters. The largest absolute Gasteiger partial charge is 0.298 e. The van der Waals surface area contributed by atoms with Gasteiger partial charge in [0.2, 0.25) is 0 Å². The molecular formula is C17H14BrFN2O. The fourth-order valence-corrected chi connectivity index (χ4v) is 3.08. The molecule has 0 aliphatic rings. The zero-order valence-electron chi connectivity index (χ0n) is 12.2. The molecular weight excluding hydrogens is 347 g/mol. The molecule has 0 aliphatic heterocycles. The Balaban J connectivity index is 2.40. The minimum absolute atomic E-state index is 0.159. The molecule has 2 aromatic heterocycles. The van der Waals surface area contributed by atoms with Crippen LogP contribution in [0.1, 0.15) is 35.7 Å². The van der Waals surface area contributed by atoms with E-state index in [2.05, 4.69) is 21.0 Å². The van der Waals surface area contributed by atoms with Gasteiger partial charge in [0.25, 0.3) is 0 Å². The fourth-order valence-electron chi connectivity index (χ4n) is 2.68. The summed E-state index contributed by atoms with van der Waals surface area (Å²) in [5.74, 6) is -0.157. The zero-order valence-corrected chi connectivity index (χ0v) is 13.8. The number of hydrogen-bond donors (Lipinski definition) is 0. The lowest BCUT2D eigenvalue weighted by atomic mass is 9.94. The topological polar surface area (TPSA) is 34.4 Å². The van der Waals surface area contributed by atoms with Gasteiger partial charge in [-0.1, -0.05) is 13.8 Å². The Bertz CT molecular complexity index is 853. The second-order valence-electron chi connectivity index (χ2n) is 5.41. The molecule has 0 unspecified atom stereocenters. The molecule has 0 saturated carbocycles. The number of hydrogen-bond acceptors (Lipinski definition) is 2. The molecule has 0 aliphatic carbocycles. The van der Waals surface area contributed by atoms with Gasteiger partial charge >= 0.3 is 0 Å². The summed E-state index contributed by atoms with van der Waals surface area (Å²) in [4.78, 5) is 11.7. The van der Waals surface area contributed by atoms with Crippen LogP contribution in [0, 0.1) is 5.82 Å². The van der Waals surface area contributed by atoms with Crippen molar-refractivity contribution in [1.82, 2.24) is 9.61 Å². The average molecular weight is 361 g/mol. The van der Waals surface area contributed by atoms with Gasteiger partial charge in [-0.2, -0.15) is 5.10 Å². The molecule has 0 amide bonds. The third-order valence-corrected chi connectivity index (χ3v) is 4.24. The van der Waals surface area contributed by atoms with E-state index in [0.29, 0.717) is 16.8 Å². The predicted molar refractivity (Wildman–Crippen MR) is 87.8 cm³/mol. The Morgan fingerprint density at radius 1 is 1.18 bits per heavy atom. The van der Waals surface area contributed by atoms with Crippen molar-refractivity contribution in [3.8, 4) is 11.3 Å². The lowest BCUT2D eigenvalue weighted by Gasteiger charge is -2.15.